The third kappa shape index (κ3) is 4.79. The van der Waals surface area contributed by atoms with Crippen LogP contribution in [0.5, 0.6) is 0 Å². The molecule has 0 unspecified atom stereocenters. The summed E-state index contributed by atoms with van der Waals surface area (Å²) in [5, 5.41) is 2.99. The molecule has 0 radical (unpaired) electrons. The number of hydrogen-bond acceptors (Lipinski definition) is 3. The zero-order chi connectivity index (χ0) is 17.0. The second-order valence-electron chi connectivity index (χ2n) is 6.65. The van der Waals surface area contributed by atoms with Crippen molar-refractivity contribution in [2.45, 2.75) is 26.7 Å². The molecule has 1 saturated heterocycles. The van der Waals surface area contributed by atoms with Gasteiger partial charge in [-0.3, -0.25) is 14.5 Å². The van der Waals surface area contributed by atoms with Gasteiger partial charge in [-0.2, -0.15) is 0 Å². The van der Waals surface area contributed by atoms with Crippen molar-refractivity contribution in [3.63, 3.8) is 0 Å². The summed E-state index contributed by atoms with van der Waals surface area (Å²) < 4.78 is 0. The minimum Gasteiger partial charge on any atom is -0.349 e. The third-order valence-corrected chi connectivity index (χ3v) is 4.41. The molecule has 1 aliphatic rings. The first-order valence-corrected chi connectivity index (χ1v) is 8.17. The summed E-state index contributed by atoms with van der Waals surface area (Å²) in [5.41, 5.74) is 3.08. The molecule has 1 aromatic carbocycles. The van der Waals surface area contributed by atoms with Crippen molar-refractivity contribution in [2.24, 2.45) is 5.92 Å². The fourth-order valence-corrected chi connectivity index (χ4v) is 2.97. The molecular formula is C18H27N3O2. The smallest absolute Gasteiger partial charge is 0.238 e. The molecule has 0 bridgehead atoms. The van der Waals surface area contributed by atoms with Gasteiger partial charge in [0.1, 0.15) is 0 Å². The van der Waals surface area contributed by atoms with Gasteiger partial charge in [-0.15, -0.1) is 0 Å². The number of piperidine rings is 1. The summed E-state index contributed by atoms with van der Waals surface area (Å²) in [6.07, 6.45) is 1.65. The average molecular weight is 317 g/mol. The van der Waals surface area contributed by atoms with E-state index in [9.17, 15) is 9.59 Å². The van der Waals surface area contributed by atoms with Crippen LogP contribution in [-0.2, 0) is 9.59 Å². The van der Waals surface area contributed by atoms with Crippen molar-refractivity contribution in [1.29, 1.82) is 0 Å². The van der Waals surface area contributed by atoms with E-state index in [4.69, 9.17) is 0 Å². The number of carbonyl (C=O) groups is 2. The van der Waals surface area contributed by atoms with Gasteiger partial charge in [0.15, 0.2) is 0 Å². The normalized spacial score (nSPS) is 16.2. The Morgan fingerprint density at radius 2 is 1.87 bits per heavy atom. The minimum atomic E-state index is 0.0103. The maximum atomic E-state index is 12.2. The molecule has 1 N–H and O–H groups in total. The Morgan fingerprint density at radius 1 is 1.22 bits per heavy atom. The van der Waals surface area contributed by atoms with Gasteiger partial charge in [0.05, 0.1) is 6.54 Å². The van der Waals surface area contributed by atoms with Crippen molar-refractivity contribution in [2.75, 3.05) is 39.0 Å². The molecule has 0 saturated carbocycles. The monoisotopic (exact) mass is 317 g/mol. The third-order valence-electron chi connectivity index (χ3n) is 4.41. The molecule has 5 heteroatoms. The Kier molecular flexibility index (Phi) is 5.77. The van der Waals surface area contributed by atoms with Crippen molar-refractivity contribution in [3.8, 4) is 0 Å². The molecule has 1 aliphatic heterocycles. The van der Waals surface area contributed by atoms with Crippen LogP contribution in [0.25, 0.3) is 0 Å². The number of rotatable bonds is 4. The maximum Gasteiger partial charge on any atom is 0.238 e. The fourth-order valence-electron chi connectivity index (χ4n) is 2.97. The van der Waals surface area contributed by atoms with Gasteiger partial charge in [0.25, 0.3) is 0 Å². The number of nitrogens with zero attached hydrogens (tertiary/aromatic N) is 2. The summed E-state index contributed by atoms with van der Waals surface area (Å²) >= 11 is 0. The van der Waals surface area contributed by atoms with Gasteiger partial charge in [-0.05, 0) is 57.0 Å². The lowest BCUT2D eigenvalue weighted by molar-refractivity contribution is -0.134. The standard InChI is InChI=1S/C18H27N3O2/c1-13-5-6-14(2)16(11-13)19-17(22)12-21-9-7-15(8-10-21)18(23)20(3)4/h5-6,11,15H,7-10,12H2,1-4H3,(H,19,22). The summed E-state index contributed by atoms with van der Waals surface area (Å²) in [6.45, 7) is 5.99. The lowest BCUT2D eigenvalue weighted by atomic mass is 9.95. The topological polar surface area (TPSA) is 52.7 Å². The van der Waals surface area contributed by atoms with Crippen LogP contribution in [0.1, 0.15) is 24.0 Å². The summed E-state index contributed by atoms with van der Waals surface area (Å²) in [5.74, 6) is 0.309. The number of anilines is 1. The second-order valence-corrected chi connectivity index (χ2v) is 6.65. The molecule has 0 spiro atoms. The molecule has 23 heavy (non-hydrogen) atoms. The number of hydrogen-bond donors (Lipinski definition) is 1. The van der Waals surface area contributed by atoms with E-state index in [0.29, 0.717) is 6.54 Å². The maximum absolute atomic E-state index is 12.2. The lowest BCUT2D eigenvalue weighted by Crippen LogP contribution is -2.43. The summed E-state index contributed by atoms with van der Waals surface area (Å²) in [6, 6.07) is 6.05. The minimum absolute atomic E-state index is 0.0103. The zero-order valence-corrected chi connectivity index (χ0v) is 14.6. The van der Waals surface area contributed by atoms with Crippen LogP contribution in [-0.4, -0.2) is 55.3 Å². The molecule has 1 aromatic rings. The van der Waals surface area contributed by atoms with Crippen LogP contribution in [0, 0.1) is 19.8 Å². The van der Waals surface area contributed by atoms with E-state index in [0.717, 1.165) is 42.7 Å². The average Bonchev–Trinajstić information content (AvgIpc) is 2.51. The predicted octanol–water partition coefficient (Wildman–Crippen LogP) is 2.04. The first kappa shape index (κ1) is 17.5. The van der Waals surface area contributed by atoms with Crippen LogP contribution in [0.4, 0.5) is 5.69 Å². The number of amides is 2. The van der Waals surface area contributed by atoms with E-state index < -0.39 is 0 Å². The highest BCUT2D eigenvalue weighted by Crippen LogP contribution is 2.19. The van der Waals surface area contributed by atoms with Crippen LogP contribution in [0.3, 0.4) is 0 Å². The molecule has 0 aliphatic carbocycles. The van der Waals surface area contributed by atoms with Gasteiger partial charge in [-0.25, -0.2) is 0 Å². The SMILES string of the molecule is Cc1ccc(C)c(NC(=O)CN2CCC(C(=O)N(C)C)CC2)c1. The van der Waals surface area contributed by atoms with Crippen LogP contribution < -0.4 is 5.32 Å². The van der Waals surface area contributed by atoms with Gasteiger partial charge < -0.3 is 10.2 Å². The Hall–Kier alpha value is -1.88. The predicted molar refractivity (Wildman–Crippen MR) is 92.4 cm³/mol. The Balaban J connectivity index is 1.83. The zero-order valence-electron chi connectivity index (χ0n) is 14.6. The van der Waals surface area contributed by atoms with Gasteiger partial charge in [-0.1, -0.05) is 12.1 Å². The second kappa shape index (κ2) is 7.59. The van der Waals surface area contributed by atoms with E-state index in [1.807, 2.05) is 32.0 Å². The summed E-state index contributed by atoms with van der Waals surface area (Å²) in [4.78, 5) is 28.0. The highest BCUT2D eigenvalue weighted by atomic mass is 16.2. The first-order chi connectivity index (χ1) is 10.9. The molecular weight excluding hydrogens is 290 g/mol. The lowest BCUT2D eigenvalue weighted by Gasteiger charge is -2.31. The Morgan fingerprint density at radius 3 is 2.48 bits per heavy atom. The van der Waals surface area contributed by atoms with Gasteiger partial charge in [0, 0.05) is 25.7 Å². The Bertz CT molecular complexity index is 576. The van der Waals surface area contributed by atoms with Crippen molar-refractivity contribution in [1.82, 2.24) is 9.80 Å². The molecule has 1 heterocycles. The quantitative estimate of drug-likeness (QED) is 0.924. The van der Waals surface area contributed by atoms with Crippen LogP contribution in [0.15, 0.2) is 18.2 Å². The molecule has 2 rings (SSSR count). The first-order valence-electron chi connectivity index (χ1n) is 8.17. The molecule has 126 valence electrons. The highest BCUT2D eigenvalue weighted by molar-refractivity contribution is 5.93. The van der Waals surface area contributed by atoms with E-state index in [2.05, 4.69) is 10.2 Å². The summed E-state index contributed by atoms with van der Waals surface area (Å²) in [7, 11) is 3.60. The molecule has 1 fully saturated rings. The largest absolute Gasteiger partial charge is 0.349 e. The van der Waals surface area contributed by atoms with Crippen LogP contribution in [0.2, 0.25) is 0 Å². The van der Waals surface area contributed by atoms with Gasteiger partial charge in [0.2, 0.25) is 11.8 Å². The number of nitrogens with one attached hydrogen (secondary N) is 1. The number of aryl methyl sites for hydroxylation is 2. The van der Waals surface area contributed by atoms with E-state index in [1.165, 1.54) is 0 Å². The van der Waals surface area contributed by atoms with Crippen LogP contribution >= 0.6 is 0 Å². The Labute approximate surface area is 138 Å². The number of benzene rings is 1. The van der Waals surface area contributed by atoms with Crippen molar-refractivity contribution < 1.29 is 9.59 Å². The van der Waals surface area contributed by atoms with Crippen molar-refractivity contribution in [3.05, 3.63) is 29.3 Å². The van der Waals surface area contributed by atoms with Crippen molar-refractivity contribution >= 4 is 17.5 Å². The van der Waals surface area contributed by atoms with E-state index in [1.54, 1.807) is 19.0 Å². The molecule has 0 atom stereocenters. The van der Waals surface area contributed by atoms with E-state index >= 15 is 0 Å². The molecule has 5 nitrogen and oxygen atoms in total. The number of carbonyl (C=O) groups excluding carboxylic acids is 2. The van der Waals surface area contributed by atoms with Gasteiger partial charge >= 0.3 is 0 Å². The highest BCUT2D eigenvalue weighted by Gasteiger charge is 2.26. The molecule has 0 aromatic heterocycles. The molecule has 2 amide bonds. The number of likely N-dealkylation sites (tertiary alicyclic amines) is 1. The van der Waals surface area contributed by atoms with E-state index in [-0.39, 0.29) is 17.7 Å². The fraction of sp³-hybridized carbons (Fsp3) is 0.556.